The second kappa shape index (κ2) is 8.13. The third-order valence-electron chi connectivity index (χ3n) is 3.63. The molecule has 112 valence electrons. The molecule has 1 aromatic heterocycles. The maximum absolute atomic E-state index is 6.23. The molecule has 1 aromatic carbocycles. The Morgan fingerprint density at radius 3 is 2.67 bits per heavy atom. The molecule has 0 fully saturated rings. The van der Waals surface area contributed by atoms with Gasteiger partial charge in [0.2, 0.25) is 0 Å². The highest BCUT2D eigenvalue weighted by Crippen LogP contribution is 2.18. The number of hydrogen-bond donors (Lipinski definition) is 1. The van der Waals surface area contributed by atoms with Gasteiger partial charge in [-0.2, -0.15) is 0 Å². The molecule has 0 aliphatic rings. The zero-order chi connectivity index (χ0) is 15.1. The summed E-state index contributed by atoms with van der Waals surface area (Å²) in [5.41, 5.74) is 8.64. The van der Waals surface area contributed by atoms with E-state index in [0.717, 1.165) is 36.5 Å². The molecule has 0 aliphatic carbocycles. The second-order valence-electron chi connectivity index (χ2n) is 5.36. The Labute approximate surface area is 131 Å². The number of likely N-dealkylation sites (N-methyl/N-ethyl adjacent to an activating group) is 1. The third-order valence-corrected chi connectivity index (χ3v) is 3.87. The van der Waals surface area contributed by atoms with E-state index in [4.69, 9.17) is 17.3 Å². The number of nitrogens with zero attached hydrogens (tertiary/aromatic N) is 2. The smallest absolute Gasteiger partial charge is 0.0409 e. The third kappa shape index (κ3) is 5.46. The standard InChI is InChI=1S/C17H22ClN3/c1-21(11-7-14-5-9-20-10-6-14)12-8-17(19)15-3-2-4-16(18)13-15/h2-6,9-10,13,17H,7-8,11-12,19H2,1H3. The largest absolute Gasteiger partial charge is 0.324 e. The first-order valence-corrected chi connectivity index (χ1v) is 7.61. The van der Waals surface area contributed by atoms with Gasteiger partial charge < -0.3 is 10.6 Å². The Bertz CT molecular complexity index is 545. The van der Waals surface area contributed by atoms with Gasteiger partial charge in [-0.3, -0.25) is 4.98 Å². The monoisotopic (exact) mass is 303 g/mol. The number of pyridine rings is 1. The first kappa shape index (κ1) is 16.0. The highest BCUT2D eigenvalue weighted by atomic mass is 35.5. The van der Waals surface area contributed by atoms with Crippen LogP contribution in [0, 0.1) is 0 Å². The van der Waals surface area contributed by atoms with Gasteiger partial charge in [-0.05, 0) is 61.8 Å². The van der Waals surface area contributed by atoms with Gasteiger partial charge >= 0.3 is 0 Å². The van der Waals surface area contributed by atoms with E-state index in [1.165, 1.54) is 5.56 Å². The van der Waals surface area contributed by atoms with Crippen LogP contribution >= 0.6 is 11.6 Å². The highest BCUT2D eigenvalue weighted by Gasteiger charge is 2.08. The van der Waals surface area contributed by atoms with Gasteiger partial charge in [0.15, 0.2) is 0 Å². The normalized spacial score (nSPS) is 12.6. The molecular formula is C17H22ClN3. The second-order valence-corrected chi connectivity index (χ2v) is 5.80. The predicted molar refractivity (Wildman–Crippen MR) is 88.4 cm³/mol. The molecule has 1 heterocycles. The van der Waals surface area contributed by atoms with Crippen LogP contribution in [0.25, 0.3) is 0 Å². The van der Waals surface area contributed by atoms with Crippen molar-refractivity contribution in [2.45, 2.75) is 18.9 Å². The Morgan fingerprint density at radius 1 is 1.19 bits per heavy atom. The van der Waals surface area contributed by atoms with Gasteiger partial charge in [-0.25, -0.2) is 0 Å². The van der Waals surface area contributed by atoms with Crippen molar-refractivity contribution in [1.29, 1.82) is 0 Å². The van der Waals surface area contributed by atoms with Crippen LogP contribution in [0.5, 0.6) is 0 Å². The van der Waals surface area contributed by atoms with E-state index >= 15 is 0 Å². The summed E-state index contributed by atoms with van der Waals surface area (Å²) in [7, 11) is 2.13. The maximum Gasteiger partial charge on any atom is 0.0409 e. The molecular weight excluding hydrogens is 282 g/mol. The summed E-state index contributed by atoms with van der Waals surface area (Å²) in [4.78, 5) is 6.34. The molecule has 3 nitrogen and oxygen atoms in total. The van der Waals surface area contributed by atoms with Crippen LogP contribution in [0.1, 0.15) is 23.6 Å². The first-order valence-electron chi connectivity index (χ1n) is 7.23. The van der Waals surface area contributed by atoms with Crippen LogP contribution in [0.15, 0.2) is 48.8 Å². The summed E-state index contributed by atoms with van der Waals surface area (Å²) in [6.07, 6.45) is 5.63. The van der Waals surface area contributed by atoms with E-state index < -0.39 is 0 Å². The fraction of sp³-hybridized carbons (Fsp3) is 0.353. The van der Waals surface area contributed by atoms with Crippen molar-refractivity contribution in [2.75, 3.05) is 20.1 Å². The molecule has 2 aromatic rings. The van der Waals surface area contributed by atoms with Crippen LogP contribution in [0.3, 0.4) is 0 Å². The van der Waals surface area contributed by atoms with Crippen LogP contribution in [-0.4, -0.2) is 30.0 Å². The van der Waals surface area contributed by atoms with E-state index in [0.29, 0.717) is 0 Å². The van der Waals surface area contributed by atoms with Crippen LogP contribution in [-0.2, 0) is 6.42 Å². The number of hydrogen-bond acceptors (Lipinski definition) is 3. The minimum atomic E-state index is 0.0343. The molecule has 2 rings (SSSR count). The molecule has 1 atom stereocenters. The van der Waals surface area contributed by atoms with Gasteiger partial charge in [-0.15, -0.1) is 0 Å². The summed E-state index contributed by atoms with van der Waals surface area (Å²) in [6, 6.07) is 12.0. The fourth-order valence-electron chi connectivity index (χ4n) is 2.24. The van der Waals surface area contributed by atoms with Crippen molar-refractivity contribution in [3.8, 4) is 0 Å². The van der Waals surface area contributed by atoms with Crippen LogP contribution in [0.4, 0.5) is 0 Å². The average Bonchev–Trinajstić information content (AvgIpc) is 2.51. The molecule has 2 N–H and O–H groups in total. The highest BCUT2D eigenvalue weighted by molar-refractivity contribution is 6.30. The number of nitrogens with two attached hydrogens (primary N) is 1. The Hall–Kier alpha value is -1.42. The van der Waals surface area contributed by atoms with Gasteiger partial charge in [0.25, 0.3) is 0 Å². The van der Waals surface area contributed by atoms with Crippen molar-refractivity contribution in [1.82, 2.24) is 9.88 Å². The lowest BCUT2D eigenvalue weighted by Gasteiger charge is -2.19. The molecule has 0 saturated carbocycles. The van der Waals surface area contributed by atoms with Crippen molar-refractivity contribution in [3.63, 3.8) is 0 Å². The van der Waals surface area contributed by atoms with Crippen LogP contribution in [0.2, 0.25) is 5.02 Å². The molecule has 0 bridgehead atoms. The lowest BCUT2D eigenvalue weighted by molar-refractivity contribution is 0.322. The fourth-order valence-corrected chi connectivity index (χ4v) is 2.44. The minimum Gasteiger partial charge on any atom is -0.324 e. The Morgan fingerprint density at radius 2 is 1.95 bits per heavy atom. The summed E-state index contributed by atoms with van der Waals surface area (Å²) in [5.74, 6) is 0. The lowest BCUT2D eigenvalue weighted by Crippen LogP contribution is -2.25. The number of rotatable bonds is 7. The molecule has 0 radical (unpaired) electrons. The van der Waals surface area contributed by atoms with E-state index in [2.05, 4.69) is 29.1 Å². The molecule has 0 aliphatic heterocycles. The van der Waals surface area contributed by atoms with Gasteiger partial charge in [0, 0.05) is 30.0 Å². The predicted octanol–water partition coefficient (Wildman–Crippen LogP) is 3.30. The van der Waals surface area contributed by atoms with E-state index in [1.807, 2.05) is 36.7 Å². The quantitative estimate of drug-likeness (QED) is 0.853. The van der Waals surface area contributed by atoms with Gasteiger partial charge in [0.05, 0.1) is 0 Å². The van der Waals surface area contributed by atoms with E-state index in [-0.39, 0.29) is 6.04 Å². The van der Waals surface area contributed by atoms with Crippen molar-refractivity contribution in [2.24, 2.45) is 5.73 Å². The summed E-state index contributed by atoms with van der Waals surface area (Å²) >= 11 is 6.00. The zero-order valence-corrected chi connectivity index (χ0v) is 13.1. The number of aromatic nitrogens is 1. The van der Waals surface area contributed by atoms with Gasteiger partial charge in [0.1, 0.15) is 0 Å². The maximum atomic E-state index is 6.23. The summed E-state index contributed by atoms with van der Waals surface area (Å²) < 4.78 is 0. The summed E-state index contributed by atoms with van der Waals surface area (Å²) in [6.45, 7) is 1.99. The zero-order valence-electron chi connectivity index (χ0n) is 12.4. The number of halogens is 1. The Kier molecular flexibility index (Phi) is 6.18. The SMILES string of the molecule is CN(CCc1ccncc1)CCC(N)c1cccc(Cl)c1. The molecule has 0 spiro atoms. The van der Waals surface area contributed by atoms with Crippen molar-refractivity contribution < 1.29 is 0 Å². The number of benzene rings is 1. The minimum absolute atomic E-state index is 0.0343. The Balaban J connectivity index is 1.74. The first-order chi connectivity index (χ1) is 10.1. The van der Waals surface area contributed by atoms with Gasteiger partial charge in [-0.1, -0.05) is 23.7 Å². The summed E-state index contributed by atoms with van der Waals surface area (Å²) in [5, 5.41) is 0.744. The molecule has 0 saturated heterocycles. The van der Waals surface area contributed by atoms with E-state index in [9.17, 15) is 0 Å². The molecule has 4 heteroatoms. The van der Waals surface area contributed by atoms with Crippen LogP contribution < -0.4 is 5.73 Å². The van der Waals surface area contributed by atoms with Crippen molar-refractivity contribution in [3.05, 3.63) is 64.9 Å². The van der Waals surface area contributed by atoms with E-state index in [1.54, 1.807) is 0 Å². The molecule has 1 unspecified atom stereocenters. The molecule has 0 amide bonds. The lowest BCUT2D eigenvalue weighted by atomic mass is 10.0. The average molecular weight is 304 g/mol. The van der Waals surface area contributed by atoms with Crippen molar-refractivity contribution >= 4 is 11.6 Å². The topological polar surface area (TPSA) is 42.2 Å². The molecule has 21 heavy (non-hydrogen) atoms.